The molecule has 2 aliphatic rings. The van der Waals surface area contributed by atoms with E-state index in [1.54, 1.807) is 0 Å². The second-order valence-corrected chi connectivity index (χ2v) is 4.52. The molecule has 0 spiro atoms. The lowest BCUT2D eigenvalue weighted by Crippen LogP contribution is -2.17. The minimum Gasteiger partial charge on any atom is -0.334 e. The highest BCUT2D eigenvalue weighted by Gasteiger charge is 2.29. The summed E-state index contributed by atoms with van der Waals surface area (Å²) in [6.45, 7) is 1.15. The molecule has 3 rings (SSSR count). The highest BCUT2D eigenvalue weighted by atomic mass is 15.1. The molecule has 1 aliphatic carbocycles. The zero-order valence-electron chi connectivity index (χ0n) is 8.66. The monoisotopic (exact) mass is 191 g/mol. The third-order valence-corrected chi connectivity index (χ3v) is 3.43. The summed E-state index contributed by atoms with van der Waals surface area (Å²) in [5.74, 6) is 2.05. The van der Waals surface area contributed by atoms with Crippen molar-refractivity contribution in [2.45, 2.75) is 37.6 Å². The van der Waals surface area contributed by atoms with E-state index < -0.39 is 0 Å². The predicted molar refractivity (Wildman–Crippen MR) is 55.2 cm³/mol. The lowest BCUT2D eigenvalue weighted by Gasteiger charge is -2.11. The molecule has 14 heavy (non-hydrogen) atoms. The zero-order chi connectivity index (χ0) is 9.54. The van der Waals surface area contributed by atoms with Crippen LogP contribution in [-0.4, -0.2) is 16.1 Å². The third-order valence-electron chi connectivity index (χ3n) is 3.43. The number of nitrogens with one attached hydrogen (secondary N) is 1. The first kappa shape index (κ1) is 8.48. The summed E-state index contributed by atoms with van der Waals surface area (Å²) in [5.41, 5.74) is 1.44. The minimum atomic E-state index is 0.507. The van der Waals surface area contributed by atoms with Gasteiger partial charge in [0.1, 0.15) is 5.82 Å². The first-order chi connectivity index (χ1) is 6.86. The summed E-state index contributed by atoms with van der Waals surface area (Å²) in [7, 11) is 2.16. The van der Waals surface area contributed by atoms with Crippen molar-refractivity contribution in [3.05, 3.63) is 17.7 Å². The Bertz CT molecular complexity index is 332. The molecular formula is C11H17N3. The van der Waals surface area contributed by atoms with Crippen LogP contribution in [0.15, 0.2) is 6.20 Å². The molecule has 1 saturated carbocycles. The number of rotatable bonds is 2. The smallest absolute Gasteiger partial charge is 0.125 e. The largest absolute Gasteiger partial charge is 0.334 e. The molecule has 2 heterocycles. The van der Waals surface area contributed by atoms with Gasteiger partial charge in [0.25, 0.3) is 0 Å². The molecule has 0 bridgehead atoms. The molecule has 3 nitrogen and oxygen atoms in total. The van der Waals surface area contributed by atoms with E-state index >= 15 is 0 Å². The number of nitrogens with zero attached hydrogens (tertiary/aromatic N) is 2. The van der Waals surface area contributed by atoms with Gasteiger partial charge in [0.2, 0.25) is 0 Å². The van der Waals surface area contributed by atoms with Gasteiger partial charge in [-0.25, -0.2) is 4.98 Å². The first-order valence-corrected chi connectivity index (χ1v) is 5.61. The van der Waals surface area contributed by atoms with Gasteiger partial charge < -0.3 is 9.88 Å². The summed E-state index contributed by atoms with van der Waals surface area (Å²) < 4.78 is 2.31. The van der Waals surface area contributed by atoms with Crippen LogP contribution >= 0.6 is 0 Å². The van der Waals surface area contributed by atoms with Crippen molar-refractivity contribution in [1.82, 2.24) is 14.9 Å². The van der Waals surface area contributed by atoms with Crippen molar-refractivity contribution in [1.29, 1.82) is 0 Å². The Labute approximate surface area is 84.5 Å². The fourth-order valence-electron chi connectivity index (χ4n) is 2.42. The van der Waals surface area contributed by atoms with Gasteiger partial charge in [0.15, 0.2) is 0 Å². The molecular weight excluding hydrogens is 174 g/mol. The van der Waals surface area contributed by atoms with Gasteiger partial charge in [0, 0.05) is 24.9 Å². The fourth-order valence-corrected chi connectivity index (χ4v) is 2.42. The van der Waals surface area contributed by atoms with E-state index in [2.05, 4.69) is 28.1 Å². The molecule has 1 aromatic heterocycles. The van der Waals surface area contributed by atoms with Crippen LogP contribution in [0.25, 0.3) is 0 Å². The van der Waals surface area contributed by atoms with Crippen molar-refractivity contribution in [2.75, 3.05) is 6.54 Å². The first-order valence-electron chi connectivity index (χ1n) is 5.61. The van der Waals surface area contributed by atoms with Gasteiger partial charge in [-0.05, 0) is 32.2 Å². The van der Waals surface area contributed by atoms with Crippen LogP contribution in [0, 0.1) is 0 Å². The van der Waals surface area contributed by atoms with Crippen LogP contribution in [0.1, 0.15) is 49.2 Å². The highest BCUT2D eigenvalue weighted by Crippen LogP contribution is 2.40. The van der Waals surface area contributed by atoms with Crippen molar-refractivity contribution in [3.8, 4) is 0 Å². The summed E-state index contributed by atoms with van der Waals surface area (Å²) in [5, 5.41) is 3.50. The minimum absolute atomic E-state index is 0.507. The maximum atomic E-state index is 4.56. The summed E-state index contributed by atoms with van der Waals surface area (Å²) in [6, 6.07) is 0.507. The Morgan fingerprint density at radius 2 is 2.29 bits per heavy atom. The number of aromatic nitrogens is 2. The van der Waals surface area contributed by atoms with Crippen molar-refractivity contribution in [2.24, 2.45) is 7.05 Å². The highest BCUT2D eigenvalue weighted by molar-refractivity contribution is 5.17. The molecule has 1 unspecified atom stereocenters. The van der Waals surface area contributed by atoms with Crippen LogP contribution in [0.4, 0.5) is 0 Å². The Morgan fingerprint density at radius 1 is 1.43 bits per heavy atom. The Morgan fingerprint density at radius 3 is 2.93 bits per heavy atom. The second-order valence-electron chi connectivity index (χ2n) is 4.52. The van der Waals surface area contributed by atoms with Gasteiger partial charge in [0.05, 0.1) is 6.04 Å². The van der Waals surface area contributed by atoms with Crippen LogP contribution in [0.5, 0.6) is 0 Å². The van der Waals surface area contributed by atoms with Gasteiger partial charge in [-0.3, -0.25) is 0 Å². The van der Waals surface area contributed by atoms with E-state index in [0.717, 1.165) is 12.5 Å². The van der Waals surface area contributed by atoms with Crippen molar-refractivity contribution >= 4 is 0 Å². The number of imidazole rings is 1. The topological polar surface area (TPSA) is 29.9 Å². The lowest BCUT2D eigenvalue weighted by atomic mass is 10.2. The molecule has 0 amide bonds. The van der Waals surface area contributed by atoms with Crippen LogP contribution < -0.4 is 5.32 Å². The summed E-state index contributed by atoms with van der Waals surface area (Å²) in [4.78, 5) is 4.56. The molecule has 2 fully saturated rings. The Balaban J connectivity index is 1.89. The average Bonchev–Trinajstić information content (AvgIpc) is 2.76. The maximum Gasteiger partial charge on any atom is 0.125 e. The Kier molecular flexibility index (Phi) is 1.87. The maximum absolute atomic E-state index is 4.56. The normalized spacial score (nSPS) is 27.1. The summed E-state index contributed by atoms with van der Waals surface area (Å²) in [6.07, 6.45) is 7.33. The van der Waals surface area contributed by atoms with Crippen molar-refractivity contribution in [3.63, 3.8) is 0 Å². The molecule has 76 valence electrons. The van der Waals surface area contributed by atoms with Gasteiger partial charge in [-0.15, -0.1) is 0 Å². The number of hydrogen-bond acceptors (Lipinski definition) is 2. The molecule has 3 heteroatoms. The molecule has 1 atom stereocenters. The van der Waals surface area contributed by atoms with Gasteiger partial charge >= 0.3 is 0 Å². The van der Waals surface area contributed by atoms with Gasteiger partial charge in [-0.2, -0.15) is 0 Å². The Hall–Kier alpha value is -0.830. The lowest BCUT2D eigenvalue weighted by molar-refractivity contribution is 0.573. The van der Waals surface area contributed by atoms with Crippen LogP contribution in [0.2, 0.25) is 0 Å². The third kappa shape index (κ3) is 1.27. The van der Waals surface area contributed by atoms with Crippen LogP contribution in [0.3, 0.4) is 0 Å². The zero-order valence-corrected chi connectivity index (χ0v) is 8.66. The van der Waals surface area contributed by atoms with Crippen LogP contribution in [-0.2, 0) is 7.05 Å². The average molecular weight is 191 g/mol. The van der Waals surface area contributed by atoms with E-state index in [1.807, 2.05) is 0 Å². The molecule has 1 N–H and O–H groups in total. The van der Waals surface area contributed by atoms with E-state index in [9.17, 15) is 0 Å². The van der Waals surface area contributed by atoms with Crippen molar-refractivity contribution < 1.29 is 0 Å². The standard InChI is InChI=1S/C11H17N3/c1-14-10(8-4-5-8)7-13-11(14)9-3-2-6-12-9/h7-9,12H,2-6H2,1H3. The SMILES string of the molecule is Cn1c(C2CC2)cnc1C1CCCN1. The molecule has 0 radical (unpaired) electrons. The molecule has 0 aromatic carbocycles. The quantitative estimate of drug-likeness (QED) is 0.771. The fraction of sp³-hybridized carbons (Fsp3) is 0.727. The van der Waals surface area contributed by atoms with E-state index in [0.29, 0.717) is 6.04 Å². The molecule has 1 aromatic rings. The molecule has 1 aliphatic heterocycles. The van der Waals surface area contributed by atoms with E-state index in [4.69, 9.17) is 0 Å². The second kappa shape index (κ2) is 3.09. The van der Waals surface area contributed by atoms with E-state index in [1.165, 1.54) is 37.2 Å². The molecule has 1 saturated heterocycles. The predicted octanol–water partition coefficient (Wildman–Crippen LogP) is 1.72. The van der Waals surface area contributed by atoms with Gasteiger partial charge in [-0.1, -0.05) is 0 Å². The van der Waals surface area contributed by atoms with E-state index in [-0.39, 0.29) is 0 Å². The number of hydrogen-bond donors (Lipinski definition) is 1. The summed E-state index contributed by atoms with van der Waals surface area (Å²) >= 11 is 0.